The smallest absolute Gasteiger partial charge is 0.264 e. The summed E-state index contributed by atoms with van der Waals surface area (Å²) in [4.78, 5) is 29.5. The van der Waals surface area contributed by atoms with Crippen LogP contribution in [0.5, 0.6) is 0 Å². The highest BCUT2D eigenvalue weighted by molar-refractivity contribution is 9.10. The number of halogens is 2. The number of rotatable bonds is 13. The van der Waals surface area contributed by atoms with Gasteiger partial charge in [0, 0.05) is 29.0 Å². The summed E-state index contributed by atoms with van der Waals surface area (Å²) < 4.78 is 29.8. The standard InChI is InChI=1S/C33H33BrClN3O4S/c1-2-21-36-33(40)31(22-25-9-5-3-6-10-25)37(23-26-13-17-28(35)18-14-26)32(39)24-38(29-19-15-27(34)16-20-29)43(41,42)30-11-7-4-8-12-30/h3-20,31H,2,21-24H2,1H3,(H,36,40)/t31-/m1/s1. The van der Waals surface area contributed by atoms with Crippen molar-refractivity contribution in [1.29, 1.82) is 0 Å². The van der Waals surface area contributed by atoms with Crippen molar-refractivity contribution in [2.45, 2.75) is 37.2 Å². The molecular formula is C33H33BrClN3O4S. The van der Waals surface area contributed by atoms with Crippen molar-refractivity contribution in [3.05, 3.63) is 130 Å². The lowest BCUT2D eigenvalue weighted by Crippen LogP contribution is -2.53. The largest absolute Gasteiger partial charge is 0.354 e. The van der Waals surface area contributed by atoms with Gasteiger partial charge in [0.15, 0.2) is 0 Å². The van der Waals surface area contributed by atoms with Crippen LogP contribution in [0.15, 0.2) is 119 Å². The van der Waals surface area contributed by atoms with Gasteiger partial charge in [0.25, 0.3) is 10.0 Å². The van der Waals surface area contributed by atoms with Gasteiger partial charge >= 0.3 is 0 Å². The molecule has 0 spiro atoms. The summed E-state index contributed by atoms with van der Waals surface area (Å²) in [5, 5.41) is 3.48. The molecule has 1 atom stereocenters. The lowest BCUT2D eigenvalue weighted by Gasteiger charge is -2.34. The maximum atomic E-state index is 14.4. The number of carbonyl (C=O) groups is 2. The third-order valence-corrected chi connectivity index (χ3v) is 9.38. The molecule has 0 heterocycles. The van der Waals surface area contributed by atoms with Gasteiger partial charge in [-0.2, -0.15) is 0 Å². The van der Waals surface area contributed by atoms with Gasteiger partial charge in [0.2, 0.25) is 11.8 Å². The van der Waals surface area contributed by atoms with Gasteiger partial charge in [-0.3, -0.25) is 13.9 Å². The topological polar surface area (TPSA) is 86.8 Å². The Morgan fingerprint density at radius 3 is 2.05 bits per heavy atom. The lowest BCUT2D eigenvalue weighted by atomic mass is 10.0. The SMILES string of the molecule is CCCNC(=O)[C@@H](Cc1ccccc1)N(Cc1ccc(Cl)cc1)C(=O)CN(c1ccc(Br)cc1)S(=O)(=O)c1ccccc1. The van der Waals surface area contributed by atoms with Crippen LogP contribution >= 0.6 is 27.5 Å². The van der Waals surface area contributed by atoms with Crippen molar-refractivity contribution in [2.75, 3.05) is 17.4 Å². The van der Waals surface area contributed by atoms with Crippen LogP contribution in [-0.4, -0.2) is 44.3 Å². The van der Waals surface area contributed by atoms with Gasteiger partial charge in [0.05, 0.1) is 10.6 Å². The summed E-state index contributed by atoms with van der Waals surface area (Å²) in [6.07, 6.45) is 0.973. The first-order valence-corrected chi connectivity index (χ1v) is 16.5. The van der Waals surface area contributed by atoms with Gasteiger partial charge in [-0.25, -0.2) is 8.42 Å². The van der Waals surface area contributed by atoms with E-state index < -0.39 is 28.5 Å². The molecule has 0 bridgehead atoms. The molecule has 4 aromatic rings. The van der Waals surface area contributed by atoms with E-state index in [-0.39, 0.29) is 23.8 Å². The van der Waals surface area contributed by atoms with Crippen LogP contribution in [0.25, 0.3) is 0 Å². The van der Waals surface area contributed by atoms with E-state index in [0.717, 1.165) is 26.3 Å². The lowest BCUT2D eigenvalue weighted by molar-refractivity contribution is -0.140. The molecule has 0 fully saturated rings. The zero-order chi connectivity index (χ0) is 30.8. The Morgan fingerprint density at radius 2 is 1.44 bits per heavy atom. The molecule has 0 radical (unpaired) electrons. The molecule has 7 nitrogen and oxygen atoms in total. The first-order valence-electron chi connectivity index (χ1n) is 13.9. The first kappa shape index (κ1) is 32.3. The fourth-order valence-electron chi connectivity index (χ4n) is 4.56. The van der Waals surface area contributed by atoms with E-state index in [0.29, 0.717) is 17.3 Å². The van der Waals surface area contributed by atoms with Crippen LogP contribution in [0.1, 0.15) is 24.5 Å². The molecule has 4 rings (SSSR count). The maximum Gasteiger partial charge on any atom is 0.264 e. The van der Waals surface area contributed by atoms with Crippen LogP contribution in [0.3, 0.4) is 0 Å². The highest BCUT2D eigenvalue weighted by atomic mass is 79.9. The highest BCUT2D eigenvalue weighted by Gasteiger charge is 2.34. The zero-order valence-corrected chi connectivity index (χ0v) is 26.9. The second kappa shape index (κ2) is 15.2. The van der Waals surface area contributed by atoms with Gasteiger partial charge in [-0.1, -0.05) is 95.1 Å². The fraction of sp³-hybridized carbons (Fsp3) is 0.212. The Balaban J connectivity index is 1.78. The van der Waals surface area contributed by atoms with E-state index in [4.69, 9.17) is 11.6 Å². The summed E-state index contributed by atoms with van der Waals surface area (Å²) >= 11 is 9.52. The molecule has 2 amide bonds. The maximum absolute atomic E-state index is 14.4. The Hall–Kier alpha value is -3.66. The second-order valence-electron chi connectivity index (χ2n) is 9.95. The second-order valence-corrected chi connectivity index (χ2v) is 13.2. The summed E-state index contributed by atoms with van der Waals surface area (Å²) in [6.45, 7) is 1.96. The van der Waals surface area contributed by atoms with Crippen LogP contribution in [0, 0.1) is 0 Å². The van der Waals surface area contributed by atoms with Crippen LogP contribution < -0.4 is 9.62 Å². The normalized spacial score (nSPS) is 11.9. The third kappa shape index (κ3) is 8.69. The Kier molecular flexibility index (Phi) is 11.4. The minimum absolute atomic E-state index is 0.0523. The minimum atomic E-state index is -4.14. The monoisotopic (exact) mass is 681 g/mol. The van der Waals surface area contributed by atoms with Crippen molar-refractivity contribution in [3.8, 4) is 0 Å². The Bertz CT molecular complexity index is 1600. The molecule has 43 heavy (non-hydrogen) atoms. The van der Waals surface area contributed by atoms with E-state index >= 15 is 0 Å². The average molecular weight is 683 g/mol. The van der Waals surface area contributed by atoms with Gasteiger partial charge in [-0.05, 0) is 66.1 Å². The quantitative estimate of drug-likeness (QED) is 0.175. The van der Waals surface area contributed by atoms with Crippen molar-refractivity contribution >= 4 is 55.1 Å². The molecule has 10 heteroatoms. The predicted molar refractivity (Wildman–Crippen MR) is 174 cm³/mol. The van der Waals surface area contributed by atoms with Gasteiger partial charge in [-0.15, -0.1) is 0 Å². The molecule has 1 N–H and O–H groups in total. The van der Waals surface area contributed by atoms with E-state index in [2.05, 4.69) is 21.2 Å². The average Bonchev–Trinajstić information content (AvgIpc) is 3.02. The van der Waals surface area contributed by atoms with E-state index in [1.165, 1.54) is 17.0 Å². The van der Waals surface area contributed by atoms with Crippen LogP contribution in [0.4, 0.5) is 5.69 Å². The Labute approximate surface area is 266 Å². The summed E-state index contributed by atoms with van der Waals surface area (Å²) in [6, 6.07) is 30.3. The Morgan fingerprint density at radius 1 is 0.837 bits per heavy atom. The number of carbonyl (C=O) groups excluding carboxylic acids is 2. The summed E-state index contributed by atoms with van der Waals surface area (Å²) in [5.74, 6) is -0.834. The zero-order valence-electron chi connectivity index (χ0n) is 23.7. The molecule has 0 saturated heterocycles. The molecule has 0 aliphatic heterocycles. The number of benzene rings is 4. The van der Waals surface area contributed by atoms with Crippen molar-refractivity contribution in [3.63, 3.8) is 0 Å². The number of hydrogen-bond donors (Lipinski definition) is 1. The number of nitrogens with one attached hydrogen (secondary N) is 1. The van der Waals surface area contributed by atoms with Crippen LogP contribution in [0.2, 0.25) is 5.02 Å². The van der Waals surface area contributed by atoms with E-state index in [1.54, 1.807) is 66.7 Å². The minimum Gasteiger partial charge on any atom is -0.354 e. The number of sulfonamides is 1. The van der Waals surface area contributed by atoms with Crippen LogP contribution in [-0.2, 0) is 32.6 Å². The molecule has 0 aromatic heterocycles. The number of hydrogen-bond acceptors (Lipinski definition) is 4. The van der Waals surface area contributed by atoms with E-state index in [9.17, 15) is 18.0 Å². The van der Waals surface area contributed by atoms with Gasteiger partial charge in [0.1, 0.15) is 12.6 Å². The van der Waals surface area contributed by atoms with Crippen molar-refractivity contribution < 1.29 is 18.0 Å². The molecule has 0 aliphatic rings. The third-order valence-electron chi connectivity index (χ3n) is 6.81. The number of nitrogens with zero attached hydrogens (tertiary/aromatic N) is 2. The summed E-state index contributed by atoms with van der Waals surface area (Å²) in [5.41, 5.74) is 1.94. The molecule has 4 aromatic carbocycles. The van der Waals surface area contributed by atoms with Gasteiger partial charge < -0.3 is 10.2 Å². The summed E-state index contributed by atoms with van der Waals surface area (Å²) in [7, 11) is -4.14. The molecule has 0 unspecified atom stereocenters. The van der Waals surface area contributed by atoms with Crippen molar-refractivity contribution in [2.24, 2.45) is 0 Å². The van der Waals surface area contributed by atoms with E-state index in [1.807, 2.05) is 37.3 Å². The molecule has 0 saturated carbocycles. The fourth-order valence-corrected chi connectivity index (χ4v) is 6.39. The number of anilines is 1. The number of amides is 2. The predicted octanol–water partition coefficient (Wildman–Crippen LogP) is 6.46. The first-order chi connectivity index (χ1) is 20.7. The molecular weight excluding hydrogens is 650 g/mol. The molecule has 224 valence electrons. The highest BCUT2D eigenvalue weighted by Crippen LogP contribution is 2.26. The van der Waals surface area contributed by atoms with Crippen molar-refractivity contribution in [1.82, 2.24) is 10.2 Å². The molecule has 0 aliphatic carbocycles.